The third-order valence-corrected chi connectivity index (χ3v) is 4.26. The summed E-state index contributed by atoms with van der Waals surface area (Å²) in [5, 5.41) is 3.43. The monoisotopic (exact) mass is 312 g/mol. The van der Waals surface area contributed by atoms with Crippen LogP contribution in [0.15, 0.2) is 42.9 Å². The molecule has 1 aliphatic heterocycles. The second kappa shape index (κ2) is 7.42. The Balaban J connectivity index is 1.55. The van der Waals surface area contributed by atoms with Gasteiger partial charge in [-0.25, -0.2) is 4.98 Å². The number of hydrogen-bond donors (Lipinski definition) is 1. The topological polar surface area (TPSA) is 50.3 Å². The van der Waals surface area contributed by atoms with E-state index in [0.717, 1.165) is 37.2 Å². The SMILES string of the molecule is CC(Nc1ccc(OC2CCN(C)CC2)nc1)c1cccnc1. The summed E-state index contributed by atoms with van der Waals surface area (Å²) in [5.74, 6) is 0.708. The summed E-state index contributed by atoms with van der Waals surface area (Å²) in [4.78, 5) is 10.9. The van der Waals surface area contributed by atoms with Crippen LogP contribution in [0.2, 0.25) is 0 Å². The minimum absolute atomic E-state index is 0.186. The van der Waals surface area contributed by atoms with E-state index in [1.807, 2.05) is 30.6 Å². The summed E-state index contributed by atoms with van der Waals surface area (Å²) in [6.45, 7) is 4.29. The Bertz CT molecular complexity index is 594. The van der Waals surface area contributed by atoms with Gasteiger partial charge in [0.2, 0.25) is 5.88 Å². The lowest BCUT2D eigenvalue weighted by Gasteiger charge is -2.28. The van der Waals surface area contributed by atoms with Crippen molar-refractivity contribution in [2.75, 3.05) is 25.5 Å². The maximum atomic E-state index is 5.97. The maximum Gasteiger partial charge on any atom is 0.213 e. The molecule has 5 nitrogen and oxygen atoms in total. The zero-order valence-corrected chi connectivity index (χ0v) is 13.8. The highest BCUT2D eigenvalue weighted by atomic mass is 16.5. The first kappa shape index (κ1) is 15.7. The largest absolute Gasteiger partial charge is 0.474 e. The number of rotatable bonds is 5. The number of hydrogen-bond acceptors (Lipinski definition) is 5. The molecule has 0 radical (unpaired) electrons. The molecule has 1 saturated heterocycles. The predicted molar refractivity (Wildman–Crippen MR) is 91.7 cm³/mol. The van der Waals surface area contributed by atoms with Gasteiger partial charge < -0.3 is 15.0 Å². The van der Waals surface area contributed by atoms with Crippen molar-refractivity contribution in [1.29, 1.82) is 0 Å². The Hall–Kier alpha value is -2.14. The third-order valence-electron chi connectivity index (χ3n) is 4.26. The third kappa shape index (κ3) is 4.42. The van der Waals surface area contributed by atoms with E-state index in [4.69, 9.17) is 4.74 Å². The second-order valence-corrected chi connectivity index (χ2v) is 6.16. The van der Waals surface area contributed by atoms with Crippen molar-refractivity contribution in [2.24, 2.45) is 0 Å². The van der Waals surface area contributed by atoms with Crippen LogP contribution < -0.4 is 10.1 Å². The van der Waals surface area contributed by atoms with Gasteiger partial charge in [-0.1, -0.05) is 6.07 Å². The van der Waals surface area contributed by atoms with Crippen LogP contribution in [0.5, 0.6) is 5.88 Å². The predicted octanol–water partition coefficient (Wildman–Crippen LogP) is 3.12. The van der Waals surface area contributed by atoms with Gasteiger partial charge in [0.05, 0.1) is 17.9 Å². The Morgan fingerprint density at radius 2 is 2.04 bits per heavy atom. The molecule has 0 amide bonds. The molecule has 0 saturated carbocycles. The van der Waals surface area contributed by atoms with Crippen molar-refractivity contribution in [3.8, 4) is 5.88 Å². The van der Waals surface area contributed by atoms with Crippen molar-refractivity contribution < 1.29 is 4.74 Å². The van der Waals surface area contributed by atoms with Crippen LogP contribution in [0.1, 0.15) is 31.4 Å². The molecule has 2 aromatic heterocycles. The van der Waals surface area contributed by atoms with Crippen molar-refractivity contribution >= 4 is 5.69 Å². The quantitative estimate of drug-likeness (QED) is 0.919. The van der Waals surface area contributed by atoms with Crippen molar-refractivity contribution in [3.63, 3.8) is 0 Å². The van der Waals surface area contributed by atoms with E-state index in [1.54, 1.807) is 6.20 Å². The minimum Gasteiger partial charge on any atom is -0.474 e. The van der Waals surface area contributed by atoms with E-state index in [0.29, 0.717) is 5.88 Å². The second-order valence-electron chi connectivity index (χ2n) is 6.16. The lowest BCUT2D eigenvalue weighted by atomic mass is 10.1. The van der Waals surface area contributed by atoms with Crippen LogP contribution in [0.4, 0.5) is 5.69 Å². The minimum atomic E-state index is 0.186. The van der Waals surface area contributed by atoms with Gasteiger partial charge >= 0.3 is 0 Å². The number of ether oxygens (including phenoxy) is 1. The Morgan fingerprint density at radius 1 is 1.22 bits per heavy atom. The Kier molecular flexibility index (Phi) is 5.08. The molecule has 5 heteroatoms. The first-order chi connectivity index (χ1) is 11.2. The molecule has 1 aliphatic rings. The normalized spacial score (nSPS) is 17.7. The Labute approximate surface area is 137 Å². The number of aromatic nitrogens is 2. The molecule has 0 bridgehead atoms. The van der Waals surface area contributed by atoms with Crippen molar-refractivity contribution in [1.82, 2.24) is 14.9 Å². The molecule has 0 aliphatic carbocycles. The molecule has 1 unspecified atom stereocenters. The van der Waals surface area contributed by atoms with Crippen LogP contribution in [0.25, 0.3) is 0 Å². The van der Waals surface area contributed by atoms with Crippen molar-refractivity contribution in [2.45, 2.75) is 31.9 Å². The molecule has 1 atom stereocenters. The van der Waals surface area contributed by atoms with E-state index in [-0.39, 0.29) is 12.1 Å². The highest BCUT2D eigenvalue weighted by Gasteiger charge is 2.18. The summed E-state index contributed by atoms with van der Waals surface area (Å²) in [5.41, 5.74) is 2.14. The zero-order chi connectivity index (χ0) is 16.1. The van der Waals surface area contributed by atoms with Crippen LogP contribution >= 0.6 is 0 Å². The number of piperidine rings is 1. The summed E-state index contributed by atoms with van der Waals surface area (Å²) in [7, 11) is 2.15. The van der Waals surface area contributed by atoms with Gasteiger partial charge in [0.15, 0.2) is 0 Å². The molecule has 0 aromatic carbocycles. The molecule has 3 heterocycles. The summed E-state index contributed by atoms with van der Waals surface area (Å²) >= 11 is 0. The van der Waals surface area contributed by atoms with Gasteiger partial charge in [-0.05, 0) is 44.5 Å². The average Bonchev–Trinajstić information content (AvgIpc) is 2.59. The fourth-order valence-corrected chi connectivity index (χ4v) is 2.77. The van der Waals surface area contributed by atoms with Crippen LogP contribution in [0.3, 0.4) is 0 Å². The molecular weight excluding hydrogens is 288 g/mol. The smallest absolute Gasteiger partial charge is 0.213 e. The fraction of sp³-hybridized carbons (Fsp3) is 0.444. The molecule has 1 N–H and O–H groups in total. The Morgan fingerprint density at radius 3 is 2.70 bits per heavy atom. The van der Waals surface area contributed by atoms with Gasteiger partial charge in [0, 0.05) is 31.5 Å². The molecular formula is C18H24N4O. The first-order valence-corrected chi connectivity index (χ1v) is 8.18. The molecule has 1 fully saturated rings. The maximum absolute atomic E-state index is 5.97. The number of pyridine rings is 2. The zero-order valence-electron chi connectivity index (χ0n) is 13.8. The summed E-state index contributed by atoms with van der Waals surface area (Å²) in [6.07, 6.45) is 7.91. The van der Waals surface area contributed by atoms with E-state index in [2.05, 4.69) is 40.2 Å². The lowest BCUT2D eigenvalue weighted by molar-refractivity contribution is 0.110. The number of likely N-dealkylation sites (tertiary alicyclic amines) is 1. The molecule has 2 aromatic rings. The molecule has 0 spiro atoms. The van der Waals surface area contributed by atoms with E-state index < -0.39 is 0 Å². The molecule has 23 heavy (non-hydrogen) atoms. The van der Waals surface area contributed by atoms with E-state index in [1.165, 1.54) is 0 Å². The summed E-state index contributed by atoms with van der Waals surface area (Å²) < 4.78 is 5.97. The fourth-order valence-electron chi connectivity index (χ4n) is 2.77. The standard InChI is InChI=1S/C18H24N4O/c1-14(15-4-3-9-19-12-15)21-16-5-6-18(20-13-16)23-17-7-10-22(2)11-8-17/h3-6,9,12-14,17,21H,7-8,10-11H2,1-2H3. The van der Waals surface area contributed by atoms with Crippen LogP contribution in [-0.2, 0) is 0 Å². The van der Waals surface area contributed by atoms with Gasteiger partial charge in [-0.3, -0.25) is 4.98 Å². The van der Waals surface area contributed by atoms with Crippen LogP contribution in [0, 0.1) is 0 Å². The summed E-state index contributed by atoms with van der Waals surface area (Å²) in [6, 6.07) is 8.16. The van der Waals surface area contributed by atoms with Gasteiger partial charge in [0.25, 0.3) is 0 Å². The number of nitrogens with one attached hydrogen (secondary N) is 1. The first-order valence-electron chi connectivity index (χ1n) is 8.18. The van der Waals surface area contributed by atoms with Crippen molar-refractivity contribution in [3.05, 3.63) is 48.4 Å². The number of anilines is 1. The van der Waals surface area contributed by atoms with E-state index >= 15 is 0 Å². The highest BCUT2D eigenvalue weighted by molar-refractivity contribution is 5.44. The number of nitrogens with zero attached hydrogens (tertiary/aromatic N) is 3. The highest BCUT2D eigenvalue weighted by Crippen LogP contribution is 2.21. The van der Waals surface area contributed by atoms with Gasteiger partial charge in [-0.15, -0.1) is 0 Å². The molecule has 122 valence electrons. The lowest BCUT2D eigenvalue weighted by Crippen LogP contribution is -2.35. The van der Waals surface area contributed by atoms with Gasteiger partial charge in [-0.2, -0.15) is 0 Å². The van der Waals surface area contributed by atoms with Crippen LogP contribution in [-0.4, -0.2) is 41.1 Å². The average molecular weight is 312 g/mol. The van der Waals surface area contributed by atoms with Gasteiger partial charge in [0.1, 0.15) is 6.10 Å². The van der Waals surface area contributed by atoms with E-state index in [9.17, 15) is 0 Å². The molecule has 3 rings (SSSR count).